The van der Waals surface area contributed by atoms with E-state index in [9.17, 15) is 0 Å². The van der Waals surface area contributed by atoms with Crippen LogP contribution in [0.1, 0.15) is 11.1 Å². The first-order chi connectivity index (χ1) is 31.6. The van der Waals surface area contributed by atoms with Gasteiger partial charge in [-0.2, -0.15) is 0 Å². The molecule has 0 aliphatic rings. The Morgan fingerprint density at radius 3 is 0.625 bits per heavy atom. The second kappa shape index (κ2) is 18.0. The van der Waals surface area contributed by atoms with Gasteiger partial charge in [0, 0.05) is 34.1 Å². The minimum atomic E-state index is 1.11. The summed E-state index contributed by atoms with van der Waals surface area (Å²) in [6, 6.07) is 91.7. The average Bonchev–Trinajstić information content (AvgIpc) is 3.37. The van der Waals surface area contributed by atoms with Crippen molar-refractivity contribution in [3.63, 3.8) is 0 Å². The maximum Gasteiger partial charge on any atom is 0.0491 e. The van der Waals surface area contributed by atoms with Gasteiger partial charge in [-0.3, -0.25) is 0 Å². The van der Waals surface area contributed by atoms with Crippen molar-refractivity contribution in [3.8, 4) is 55.6 Å². The van der Waals surface area contributed by atoms with Crippen LogP contribution in [0.2, 0.25) is 0 Å². The summed E-state index contributed by atoms with van der Waals surface area (Å²) >= 11 is 0. The van der Waals surface area contributed by atoms with E-state index in [-0.39, 0.29) is 0 Å². The van der Waals surface area contributed by atoms with Gasteiger partial charge in [0.2, 0.25) is 0 Å². The van der Waals surface area contributed by atoms with E-state index in [0.717, 1.165) is 34.1 Å². The van der Waals surface area contributed by atoms with Crippen LogP contribution < -0.4 is 9.80 Å². The van der Waals surface area contributed by atoms with Crippen LogP contribution in [0.15, 0.2) is 255 Å². The number of nitrogens with zero attached hydrogens (tertiary/aromatic N) is 2. The van der Waals surface area contributed by atoms with Crippen LogP contribution in [0.3, 0.4) is 0 Å². The third-order valence-electron chi connectivity index (χ3n) is 12.1. The monoisotopic (exact) mass is 820 g/mol. The lowest BCUT2D eigenvalue weighted by atomic mass is 9.98. The highest BCUT2D eigenvalue weighted by Gasteiger charge is 2.19. The third-order valence-corrected chi connectivity index (χ3v) is 12.1. The van der Waals surface area contributed by atoms with Gasteiger partial charge in [0.15, 0.2) is 0 Å². The number of hydrogen-bond acceptors (Lipinski definition) is 2. The molecule has 10 rings (SSSR count). The highest BCUT2D eigenvalue weighted by molar-refractivity contribution is 5.85. The van der Waals surface area contributed by atoms with Crippen molar-refractivity contribution in [2.45, 2.75) is 13.8 Å². The van der Waals surface area contributed by atoms with Crippen molar-refractivity contribution in [1.29, 1.82) is 0 Å². The first-order valence-corrected chi connectivity index (χ1v) is 22.0. The summed E-state index contributed by atoms with van der Waals surface area (Å²) in [6.07, 6.45) is 0. The molecule has 0 fully saturated rings. The first kappa shape index (κ1) is 39.9. The van der Waals surface area contributed by atoms with E-state index in [1.165, 1.54) is 66.8 Å². The van der Waals surface area contributed by atoms with Crippen LogP contribution in [0.5, 0.6) is 0 Å². The molecule has 0 amide bonds. The van der Waals surface area contributed by atoms with Crippen molar-refractivity contribution in [2.24, 2.45) is 0 Å². The maximum absolute atomic E-state index is 2.38. The van der Waals surface area contributed by atoms with E-state index in [1.807, 2.05) is 0 Å². The zero-order valence-corrected chi connectivity index (χ0v) is 36.1. The zero-order valence-electron chi connectivity index (χ0n) is 36.1. The smallest absolute Gasteiger partial charge is 0.0491 e. The Balaban J connectivity index is 0.995. The Morgan fingerprint density at radius 2 is 0.406 bits per heavy atom. The van der Waals surface area contributed by atoms with Gasteiger partial charge in [0.25, 0.3) is 0 Å². The quantitative estimate of drug-likeness (QED) is 0.128. The molecule has 0 bridgehead atoms. The summed E-state index contributed by atoms with van der Waals surface area (Å²) in [5.74, 6) is 0. The molecule has 2 nitrogen and oxygen atoms in total. The molecular weight excluding hydrogens is 773 g/mol. The van der Waals surface area contributed by atoms with Gasteiger partial charge in [-0.15, -0.1) is 0 Å². The number of benzene rings is 10. The van der Waals surface area contributed by atoms with E-state index in [0.29, 0.717) is 0 Å². The molecule has 0 saturated heterocycles. The van der Waals surface area contributed by atoms with Crippen molar-refractivity contribution in [2.75, 3.05) is 9.80 Å². The lowest BCUT2D eigenvalue weighted by Crippen LogP contribution is -2.12. The van der Waals surface area contributed by atoms with Crippen LogP contribution in [0.4, 0.5) is 34.1 Å². The van der Waals surface area contributed by atoms with Crippen LogP contribution >= 0.6 is 0 Å². The highest BCUT2D eigenvalue weighted by atomic mass is 15.1. The zero-order chi connectivity index (χ0) is 43.2. The molecule has 0 spiro atoms. The molecule has 10 aromatic rings. The minimum absolute atomic E-state index is 1.11. The topological polar surface area (TPSA) is 6.48 Å². The summed E-state index contributed by atoms with van der Waals surface area (Å²) in [6.45, 7) is 4.45. The standard InChI is InChI=1S/C62H48N2/c1-45-43-55(31-41-61(45)63(57-33-23-51(24-34-57)47-15-7-3-8-16-47)58-35-25-52(26-36-58)48-17-9-4-10-18-48)56-32-42-62(46(2)44-56)64(59-37-27-53(28-38-59)49-19-11-5-12-20-49)60-39-29-54(30-40-60)50-21-13-6-14-22-50/h3-44H,1-2H3. The first-order valence-electron chi connectivity index (χ1n) is 22.0. The Labute approximate surface area is 377 Å². The number of anilines is 6. The second-order valence-electron chi connectivity index (χ2n) is 16.3. The van der Waals surface area contributed by atoms with Gasteiger partial charge >= 0.3 is 0 Å². The molecule has 0 saturated carbocycles. The molecule has 0 aliphatic heterocycles. The van der Waals surface area contributed by atoms with Crippen molar-refractivity contribution < 1.29 is 0 Å². The van der Waals surface area contributed by atoms with E-state index in [1.54, 1.807) is 0 Å². The Kier molecular flexibility index (Phi) is 11.2. The minimum Gasteiger partial charge on any atom is -0.310 e. The second-order valence-corrected chi connectivity index (χ2v) is 16.3. The number of rotatable bonds is 11. The number of hydrogen-bond donors (Lipinski definition) is 0. The van der Waals surface area contributed by atoms with Crippen molar-refractivity contribution >= 4 is 34.1 Å². The van der Waals surface area contributed by atoms with Gasteiger partial charge in [-0.05, 0) is 153 Å². The molecular formula is C62H48N2. The SMILES string of the molecule is Cc1cc(-c2ccc(N(c3ccc(-c4ccccc4)cc3)c3ccc(-c4ccccc4)cc3)c(C)c2)ccc1N(c1ccc(-c2ccccc2)cc1)c1ccc(-c2ccccc2)cc1. The molecule has 306 valence electrons. The van der Waals surface area contributed by atoms with E-state index >= 15 is 0 Å². The fourth-order valence-electron chi connectivity index (χ4n) is 8.76. The van der Waals surface area contributed by atoms with Gasteiger partial charge in [0.05, 0.1) is 0 Å². The van der Waals surface area contributed by atoms with E-state index in [2.05, 4.69) is 278 Å². The van der Waals surface area contributed by atoms with Crippen molar-refractivity contribution in [3.05, 3.63) is 266 Å². The summed E-state index contributed by atoms with van der Waals surface area (Å²) < 4.78 is 0. The molecule has 0 unspecified atom stereocenters. The molecule has 0 heterocycles. The van der Waals surface area contributed by atoms with Crippen molar-refractivity contribution in [1.82, 2.24) is 0 Å². The Hall–Kier alpha value is -8.20. The van der Waals surface area contributed by atoms with E-state index in [4.69, 9.17) is 0 Å². The fourth-order valence-corrected chi connectivity index (χ4v) is 8.76. The molecule has 0 aliphatic carbocycles. The fraction of sp³-hybridized carbons (Fsp3) is 0.0323. The van der Waals surface area contributed by atoms with Crippen LogP contribution in [0, 0.1) is 13.8 Å². The Bertz CT molecular complexity index is 2720. The third kappa shape index (κ3) is 8.38. The number of aryl methyl sites for hydroxylation is 2. The molecule has 2 heteroatoms. The molecule has 0 radical (unpaired) electrons. The molecule has 64 heavy (non-hydrogen) atoms. The predicted molar refractivity (Wildman–Crippen MR) is 272 cm³/mol. The lowest BCUT2D eigenvalue weighted by Gasteiger charge is -2.28. The highest BCUT2D eigenvalue weighted by Crippen LogP contribution is 2.42. The van der Waals surface area contributed by atoms with Crippen LogP contribution in [-0.4, -0.2) is 0 Å². The molecule has 0 N–H and O–H groups in total. The molecule has 0 atom stereocenters. The van der Waals surface area contributed by atoms with Gasteiger partial charge < -0.3 is 9.80 Å². The van der Waals surface area contributed by atoms with Gasteiger partial charge in [0.1, 0.15) is 0 Å². The van der Waals surface area contributed by atoms with Crippen LogP contribution in [0.25, 0.3) is 55.6 Å². The largest absolute Gasteiger partial charge is 0.310 e. The van der Waals surface area contributed by atoms with Crippen LogP contribution in [-0.2, 0) is 0 Å². The van der Waals surface area contributed by atoms with Gasteiger partial charge in [-0.25, -0.2) is 0 Å². The molecule has 0 aromatic heterocycles. The maximum atomic E-state index is 2.38. The summed E-state index contributed by atoms with van der Waals surface area (Å²) in [7, 11) is 0. The summed E-state index contributed by atoms with van der Waals surface area (Å²) in [5, 5.41) is 0. The summed E-state index contributed by atoms with van der Waals surface area (Å²) in [5.41, 5.74) is 21.1. The summed E-state index contributed by atoms with van der Waals surface area (Å²) in [4.78, 5) is 4.75. The predicted octanol–water partition coefficient (Wildman–Crippen LogP) is 17.6. The Morgan fingerprint density at radius 1 is 0.203 bits per heavy atom. The van der Waals surface area contributed by atoms with Gasteiger partial charge in [-0.1, -0.05) is 182 Å². The molecule has 10 aromatic carbocycles. The average molecular weight is 821 g/mol. The normalized spacial score (nSPS) is 11.0. The lowest BCUT2D eigenvalue weighted by molar-refractivity contribution is 1.24. The van der Waals surface area contributed by atoms with E-state index < -0.39 is 0 Å².